The van der Waals surface area contributed by atoms with E-state index < -0.39 is 35.5 Å². The first kappa shape index (κ1) is 24.5. The number of rotatable bonds is 4. The molecule has 4 atom stereocenters. The molecule has 4 aliphatic rings. The smallest absolute Gasteiger partial charge is 0.302 e. The molecule has 0 radical (unpaired) electrons. The normalized spacial score (nSPS) is 14.8. The number of nitrogens with one attached hydrogen (secondary N) is 2. The third kappa shape index (κ3) is 5.26. The second kappa shape index (κ2) is 9.79. The Morgan fingerprint density at radius 1 is 0.676 bits per heavy atom. The molecular formula is C18H22N10O6. The summed E-state index contributed by atoms with van der Waals surface area (Å²) in [7, 11) is 0. The summed E-state index contributed by atoms with van der Waals surface area (Å²) in [5.41, 5.74) is 9.56. The third-order valence-electron chi connectivity index (χ3n) is 4.45. The molecule has 4 heterocycles. The van der Waals surface area contributed by atoms with Crippen molar-refractivity contribution in [2.75, 3.05) is 11.5 Å². The second-order valence-electron chi connectivity index (χ2n) is 7.19. The summed E-state index contributed by atoms with van der Waals surface area (Å²) in [5, 5.41) is 37.7. The molecule has 0 aromatic carbocycles. The van der Waals surface area contributed by atoms with Gasteiger partial charge in [0.2, 0.25) is 11.9 Å². The number of nitrogens with two attached hydrogens (primary N) is 2. The Kier molecular flexibility index (Phi) is 7.06. The highest BCUT2D eigenvalue weighted by Gasteiger charge is 2.21. The molecule has 180 valence electrons. The van der Waals surface area contributed by atoms with Gasteiger partial charge in [-0.3, -0.25) is 9.59 Å². The van der Waals surface area contributed by atoms with E-state index in [0.29, 0.717) is 0 Å². The molecule has 4 rings (SSSR count). The monoisotopic (exact) mass is 474 g/mol. The Balaban J connectivity index is 0.000000191. The largest absolute Gasteiger partial charge is 0.390 e. The van der Waals surface area contributed by atoms with Crippen LogP contribution >= 0.6 is 0 Å². The second-order valence-corrected chi connectivity index (χ2v) is 7.19. The van der Waals surface area contributed by atoms with Gasteiger partial charge in [-0.2, -0.15) is 19.9 Å². The predicted molar refractivity (Wildman–Crippen MR) is 116 cm³/mol. The summed E-state index contributed by atoms with van der Waals surface area (Å²) in [6, 6.07) is 0. The highest BCUT2D eigenvalue weighted by Crippen LogP contribution is 2.18. The fraction of sp³-hybridized carbons (Fsp3) is 0.333. The van der Waals surface area contributed by atoms with Crippen molar-refractivity contribution in [1.29, 1.82) is 0 Å². The zero-order valence-corrected chi connectivity index (χ0v) is 17.9. The topological polar surface area (TPSA) is 276 Å². The first-order valence-electron chi connectivity index (χ1n) is 9.76. The van der Waals surface area contributed by atoms with Crippen molar-refractivity contribution in [3.8, 4) is 23.0 Å². The van der Waals surface area contributed by atoms with Gasteiger partial charge in [0.15, 0.2) is 23.0 Å². The zero-order valence-electron chi connectivity index (χ0n) is 17.9. The molecule has 0 aromatic heterocycles. The van der Waals surface area contributed by atoms with Crippen LogP contribution in [-0.2, 0) is 0 Å². The van der Waals surface area contributed by atoms with Crippen LogP contribution in [0.1, 0.15) is 37.4 Å². The molecule has 16 heteroatoms. The van der Waals surface area contributed by atoms with Crippen LogP contribution in [0.25, 0.3) is 23.0 Å². The number of anilines is 2. The van der Waals surface area contributed by atoms with Gasteiger partial charge in [-0.1, -0.05) is 0 Å². The van der Waals surface area contributed by atoms with E-state index in [1.807, 2.05) is 0 Å². The number of fused-ring (bicyclic) bond motifs is 2. The maximum absolute atomic E-state index is 11.5. The Morgan fingerprint density at radius 2 is 1.03 bits per heavy atom. The van der Waals surface area contributed by atoms with Gasteiger partial charge in [0.1, 0.15) is 12.2 Å². The van der Waals surface area contributed by atoms with Gasteiger partial charge in [-0.15, -0.1) is 0 Å². The Bertz CT molecular complexity index is 1240. The van der Waals surface area contributed by atoms with Crippen LogP contribution in [0.5, 0.6) is 0 Å². The number of H-pyrrole nitrogens is 2. The average Bonchev–Trinajstić information content (AvgIpc) is 2.77. The van der Waals surface area contributed by atoms with E-state index in [-0.39, 0.29) is 46.3 Å². The van der Waals surface area contributed by atoms with Crippen LogP contribution in [-0.4, -0.2) is 72.5 Å². The molecule has 0 fully saturated rings. The summed E-state index contributed by atoms with van der Waals surface area (Å²) >= 11 is 0. The van der Waals surface area contributed by atoms with Crippen LogP contribution in [0, 0.1) is 0 Å². The van der Waals surface area contributed by atoms with Crippen molar-refractivity contribution in [2.45, 2.75) is 38.3 Å². The number of aromatic nitrogens is 8. The van der Waals surface area contributed by atoms with E-state index in [2.05, 4.69) is 39.9 Å². The number of nitrogen functional groups attached to an aromatic ring is 2. The van der Waals surface area contributed by atoms with Crippen molar-refractivity contribution < 1.29 is 20.4 Å². The average molecular weight is 474 g/mol. The van der Waals surface area contributed by atoms with E-state index in [9.17, 15) is 30.0 Å². The number of aliphatic hydroxyl groups excluding tert-OH is 4. The molecule has 34 heavy (non-hydrogen) atoms. The minimum absolute atomic E-state index is 0.0311. The fourth-order valence-corrected chi connectivity index (χ4v) is 2.71. The number of aromatic amines is 2. The highest BCUT2D eigenvalue weighted by atomic mass is 16.3. The van der Waals surface area contributed by atoms with Crippen molar-refractivity contribution >= 4 is 11.9 Å². The van der Waals surface area contributed by atoms with Gasteiger partial charge in [0.05, 0.1) is 23.6 Å². The van der Waals surface area contributed by atoms with Gasteiger partial charge in [0.25, 0.3) is 0 Å². The maximum Gasteiger partial charge on any atom is 0.302 e. The Hall–Kier alpha value is -4.12. The van der Waals surface area contributed by atoms with Crippen LogP contribution in [0.15, 0.2) is 22.0 Å². The minimum atomic E-state index is -1.19. The molecule has 0 saturated heterocycles. The number of aliphatic hydroxyl groups is 4. The summed E-state index contributed by atoms with van der Waals surface area (Å²) in [5.74, 6) is 0.0711. The quantitative estimate of drug-likeness (QED) is 0.150. The lowest BCUT2D eigenvalue weighted by Gasteiger charge is -2.14. The Labute approximate surface area is 190 Å². The zero-order chi connectivity index (χ0) is 25.2. The first-order valence-corrected chi connectivity index (χ1v) is 9.76. The lowest BCUT2D eigenvalue weighted by molar-refractivity contribution is 0.0276. The molecule has 4 aliphatic heterocycles. The standard InChI is InChI=1S/2C9H11N5O3/c2*1-3(15)6(16)4-2-11-7-5(12-4)8(17)14-9(10)13-7/h2*2-3,6,15-16H,1H3,(H3,10,11,13,14,17)/t2*3-,6-/m00/s1. The van der Waals surface area contributed by atoms with E-state index in [1.165, 1.54) is 26.2 Å². The highest BCUT2D eigenvalue weighted by molar-refractivity contribution is 5.51. The van der Waals surface area contributed by atoms with Crippen LogP contribution in [0.3, 0.4) is 0 Å². The molecule has 0 saturated carbocycles. The third-order valence-corrected chi connectivity index (χ3v) is 4.45. The summed E-state index contributed by atoms with van der Waals surface area (Å²) in [6.45, 7) is 2.82. The summed E-state index contributed by atoms with van der Waals surface area (Å²) in [6.07, 6.45) is -1.67. The predicted octanol–water partition coefficient (Wildman–Crippen LogP) is -2.68. The molecule has 0 aromatic rings. The van der Waals surface area contributed by atoms with Crippen LogP contribution in [0.4, 0.5) is 11.9 Å². The minimum Gasteiger partial charge on any atom is -0.390 e. The maximum atomic E-state index is 11.5. The van der Waals surface area contributed by atoms with E-state index in [1.54, 1.807) is 0 Å². The molecule has 16 nitrogen and oxygen atoms in total. The Morgan fingerprint density at radius 3 is 1.35 bits per heavy atom. The van der Waals surface area contributed by atoms with Gasteiger partial charge >= 0.3 is 11.1 Å². The fourth-order valence-electron chi connectivity index (χ4n) is 2.71. The van der Waals surface area contributed by atoms with Gasteiger partial charge < -0.3 is 41.9 Å². The van der Waals surface area contributed by atoms with Gasteiger partial charge in [-0.25, -0.2) is 9.97 Å². The number of hydrogen-bond donors (Lipinski definition) is 8. The molecule has 10 N–H and O–H groups in total. The van der Waals surface area contributed by atoms with Crippen molar-refractivity contribution in [2.24, 2.45) is 0 Å². The molecule has 0 spiro atoms. The summed E-state index contributed by atoms with van der Waals surface area (Å²) in [4.78, 5) is 50.6. The van der Waals surface area contributed by atoms with Crippen molar-refractivity contribution in [3.05, 3.63) is 44.5 Å². The van der Waals surface area contributed by atoms with Crippen LogP contribution in [0.2, 0.25) is 0 Å². The van der Waals surface area contributed by atoms with E-state index in [4.69, 9.17) is 11.5 Å². The molecule has 0 aliphatic carbocycles. The van der Waals surface area contributed by atoms with Crippen molar-refractivity contribution in [1.82, 2.24) is 39.9 Å². The number of nitrogens with zero attached hydrogens (tertiary/aromatic N) is 6. The molecule has 0 bridgehead atoms. The van der Waals surface area contributed by atoms with Gasteiger partial charge in [-0.05, 0) is 13.8 Å². The number of hydrogen-bond acceptors (Lipinski definition) is 14. The lowest BCUT2D eigenvalue weighted by Crippen LogP contribution is -2.21. The molecular weight excluding hydrogens is 452 g/mol. The summed E-state index contributed by atoms with van der Waals surface area (Å²) < 4.78 is 0. The van der Waals surface area contributed by atoms with E-state index >= 15 is 0 Å². The van der Waals surface area contributed by atoms with Crippen molar-refractivity contribution in [3.63, 3.8) is 0 Å². The first-order chi connectivity index (χ1) is 16.0. The lowest BCUT2D eigenvalue weighted by atomic mass is 10.1. The SMILES string of the molecule is C[C@H](O)[C@H](O)c1c[nH]c2nc(N)nc(=O)c-2n1.C[C@H](O)[C@H](O)c1c[nH]c2nc(N)nc(=O)c-2n1. The van der Waals surface area contributed by atoms with Crippen LogP contribution < -0.4 is 22.6 Å². The van der Waals surface area contributed by atoms with E-state index in [0.717, 1.165) is 0 Å². The molecule has 0 unspecified atom stereocenters. The van der Waals surface area contributed by atoms with Gasteiger partial charge in [0, 0.05) is 12.4 Å². The molecule has 0 amide bonds.